The Morgan fingerprint density at radius 1 is 1.44 bits per heavy atom. The Morgan fingerprint density at radius 3 is 2.67 bits per heavy atom. The predicted molar refractivity (Wildman–Crippen MR) is 73.1 cm³/mol. The van der Waals surface area contributed by atoms with E-state index in [-0.39, 0.29) is 11.4 Å². The van der Waals surface area contributed by atoms with E-state index >= 15 is 0 Å². The second kappa shape index (κ2) is 5.14. The number of nitrogens with zero attached hydrogens (tertiary/aromatic N) is 1. The topological polar surface area (TPSA) is 54.0 Å². The molecule has 1 fully saturated rings. The van der Waals surface area contributed by atoms with E-state index in [4.69, 9.17) is 11.6 Å². The molecule has 2 rings (SSSR count). The SMILES string of the molecule is CNc1ncc(C(=O)NC2(C)CCCC2)cc1Cl. The van der Waals surface area contributed by atoms with E-state index in [1.807, 2.05) is 0 Å². The van der Waals surface area contributed by atoms with Gasteiger partial charge in [0.25, 0.3) is 5.91 Å². The van der Waals surface area contributed by atoms with Crippen LogP contribution in [0.4, 0.5) is 5.82 Å². The third kappa shape index (κ3) is 2.75. The van der Waals surface area contributed by atoms with Crippen molar-refractivity contribution in [3.8, 4) is 0 Å². The molecule has 1 heterocycles. The van der Waals surface area contributed by atoms with E-state index in [2.05, 4.69) is 22.5 Å². The quantitative estimate of drug-likeness (QED) is 0.885. The average Bonchev–Trinajstić information content (AvgIpc) is 2.75. The number of hydrogen-bond acceptors (Lipinski definition) is 3. The summed E-state index contributed by atoms with van der Waals surface area (Å²) in [6, 6.07) is 1.65. The molecule has 0 aliphatic heterocycles. The molecule has 1 aromatic rings. The molecule has 2 N–H and O–H groups in total. The Morgan fingerprint density at radius 2 is 2.11 bits per heavy atom. The number of aromatic nitrogens is 1. The molecule has 1 aliphatic carbocycles. The van der Waals surface area contributed by atoms with Crippen LogP contribution in [0.2, 0.25) is 5.02 Å². The highest BCUT2D eigenvalue weighted by atomic mass is 35.5. The van der Waals surface area contributed by atoms with E-state index in [1.165, 1.54) is 12.8 Å². The second-order valence-corrected chi connectivity index (χ2v) is 5.43. The molecule has 0 bridgehead atoms. The van der Waals surface area contributed by atoms with Gasteiger partial charge in [-0.3, -0.25) is 4.79 Å². The molecule has 4 nitrogen and oxygen atoms in total. The van der Waals surface area contributed by atoms with Gasteiger partial charge >= 0.3 is 0 Å². The molecule has 1 saturated carbocycles. The highest BCUT2D eigenvalue weighted by Crippen LogP contribution is 2.29. The van der Waals surface area contributed by atoms with Gasteiger partial charge in [0.1, 0.15) is 5.82 Å². The Kier molecular flexibility index (Phi) is 3.76. The summed E-state index contributed by atoms with van der Waals surface area (Å²) in [5, 5.41) is 6.41. The third-order valence-electron chi connectivity index (χ3n) is 3.46. The zero-order chi connectivity index (χ0) is 13.2. The summed E-state index contributed by atoms with van der Waals surface area (Å²) in [5.41, 5.74) is 0.428. The van der Waals surface area contributed by atoms with Gasteiger partial charge < -0.3 is 10.6 Å². The number of hydrogen-bond donors (Lipinski definition) is 2. The van der Waals surface area contributed by atoms with Crippen molar-refractivity contribution in [2.75, 3.05) is 12.4 Å². The van der Waals surface area contributed by atoms with Crippen LogP contribution in [-0.4, -0.2) is 23.5 Å². The molecule has 0 atom stereocenters. The zero-order valence-corrected chi connectivity index (χ0v) is 11.5. The molecule has 0 radical (unpaired) electrons. The fourth-order valence-electron chi connectivity index (χ4n) is 2.37. The van der Waals surface area contributed by atoms with Gasteiger partial charge in [0, 0.05) is 18.8 Å². The van der Waals surface area contributed by atoms with Gasteiger partial charge in [-0.05, 0) is 25.8 Å². The molecule has 1 aromatic heterocycles. The van der Waals surface area contributed by atoms with Gasteiger partial charge in [-0.2, -0.15) is 0 Å². The van der Waals surface area contributed by atoms with Gasteiger partial charge in [0.05, 0.1) is 10.6 Å². The van der Waals surface area contributed by atoms with Gasteiger partial charge in [0.2, 0.25) is 0 Å². The number of carbonyl (C=O) groups excluding carboxylic acids is 1. The molecule has 1 amide bonds. The monoisotopic (exact) mass is 267 g/mol. The van der Waals surface area contributed by atoms with E-state index in [1.54, 1.807) is 19.3 Å². The van der Waals surface area contributed by atoms with Crippen LogP contribution >= 0.6 is 11.6 Å². The largest absolute Gasteiger partial charge is 0.372 e. The fraction of sp³-hybridized carbons (Fsp3) is 0.538. The van der Waals surface area contributed by atoms with Gasteiger partial charge in [-0.25, -0.2) is 4.98 Å². The number of pyridine rings is 1. The lowest BCUT2D eigenvalue weighted by Gasteiger charge is -2.25. The smallest absolute Gasteiger partial charge is 0.253 e. The summed E-state index contributed by atoms with van der Waals surface area (Å²) < 4.78 is 0. The Labute approximate surface area is 112 Å². The minimum atomic E-state index is -0.101. The van der Waals surface area contributed by atoms with Crippen LogP contribution in [0.3, 0.4) is 0 Å². The predicted octanol–water partition coefficient (Wildman–Crippen LogP) is 2.84. The first-order valence-electron chi connectivity index (χ1n) is 6.20. The summed E-state index contributed by atoms with van der Waals surface area (Å²) >= 11 is 6.02. The first-order valence-corrected chi connectivity index (χ1v) is 6.58. The maximum absolute atomic E-state index is 12.1. The highest BCUT2D eigenvalue weighted by molar-refractivity contribution is 6.33. The molecule has 0 unspecified atom stereocenters. The number of amides is 1. The molecule has 0 spiro atoms. The minimum absolute atomic E-state index is 0.0781. The molecular formula is C13H18ClN3O. The molecule has 98 valence electrons. The Hall–Kier alpha value is -1.29. The average molecular weight is 268 g/mol. The minimum Gasteiger partial charge on any atom is -0.372 e. The van der Waals surface area contributed by atoms with Gasteiger partial charge in [-0.1, -0.05) is 24.4 Å². The molecule has 1 aliphatic rings. The number of anilines is 1. The van der Waals surface area contributed by atoms with Crippen LogP contribution in [0.5, 0.6) is 0 Å². The number of rotatable bonds is 3. The van der Waals surface area contributed by atoms with Crippen molar-refractivity contribution in [1.29, 1.82) is 0 Å². The maximum Gasteiger partial charge on any atom is 0.253 e. The van der Waals surface area contributed by atoms with Crippen LogP contribution in [0.15, 0.2) is 12.3 Å². The molecule has 18 heavy (non-hydrogen) atoms. The number of nitrogens with one attached hydrogen (secondary N) is 2. The van der Waals surface area contributed by atoms with E-state index < -0.39 is 0 Å². The summed E-state index contributed by atoms with van der Waals surface area (Å²) in [5.74, 6) is 0.483. The van der Waals surface area contributed by atoms with Crippen molar-refractivity contribution < 1.29 is 4.79 Å². The maximum atomic E-state index is 12.1. The second-order valence-electron chi connectivity index (χ2n) is 5.03. The number of carbonyl (C=O) groups is 1. The normalized spacial score (nSPS) is 17.5. The van der Waals surface area contributed by atoms with Crippen LogP contribution in [0.25, 0.3) is 0 Å². The fourth-order valence-corrected chi connectivity index (χ4v) is 2.63. The lowest BCUT2D eigenvalue weighted by molar-refractivity contribution is 0.0908. The van der Waals surface area contributed by atoms with Crippen LogP contribution in [-0.2, 0) is 0 Å². The van der Waals surface area contributed by atoms with Crippen LogP contribution in [0, 0.1) is 0 Å². The van der Waals surface area contributed by atoms with Gasteiger partial charge in [0.15, 0.2) is 0 Å². The molecule has 0 saturated heterocycles. The van der Waals surface area contributed by atoms with Crippen molar-refractivity contribution in [2.24, 2.45) is 0 Å². The lowest BCUT2D eigenvalue weighted by Crippen LogP contribution is -2.43. The van der Waals surface area contributed by atoms with Crippen molar-refractivity contribution in [2.45, 2.75) is 38.1 Å². The third-order valence-corrected chi connectivity index (χ3v) is 3.75. The number of halogens is 1. The van der Waals surface area contributed by atoms with Crippen molar-refractivity contribution in [3.05, 3.63) is 22.8 Å². The lowest BCUT2D eigenvalue weighted by atomic mass is 10.0. The van der Waals surface area contributed by atoms with Crippen LogP contribution < -0.4 is 10.6 Å². The first-order chi connectivity index (χ1) is 8.54. The van der Waals surface area contributed by atoms with Crippen LogP contribution in [0.1, 0.15) is 43.0 Å². The molecule has 0 aromatic carbocycles. The summed E-state index contributed by atoms with van der Waals surface area (Å²) in [4.78, 5) is 16.2. The van der Waals surface area contributed by atoms with Crippen molar-refractivity contribution in [1.82, 2.24) is 10.3 Å². The van der Waals surface area contributed by atoms with Crippen molar-refractivity contribution in [3.63, 3.8) is 0 Å². The summed E-state index contributed by atoms with van der Waals surface area (Å²) in [6.45, 7) is 2.09. The summed E-state index contributed by atoms with van der Waals surface area (Å²) in [6.07, 6.45) is 5.97. The highest BCUT2D eigenvalue weighted by Gasteiger charge is 2.30. The van der Waals surface area contributed by atoms with E-state index in [0.29, 0.717) is 16.4 Å². The zero-order valence-electron chi connectivity index (χ0n) is 10.7. The Balaban J connectivity index is 2.11. The van der Waals surface area contributed by atoms with E-state index in [9.17, 15) is 4.79 Å². The molecular weight excluding hydrogens is 250 g/mol. The molecule has 5 heteroatoms. The Bertz CT molecular complexity index is 456. The first kappa shape index (κ1) is 13.1. The van der Waals surface area contributed by atoms with E-state index in [0.717, 1.165) is 12.8 Å². The standard InChI is InChI=1S/C13H18ClN3O/c1-13(5-3-4-6-13)17-12(18)9-7-10(14)11(15-2)16-8-9/h7-8H,3-6H2,1-2H3,(H,15,16)(H,17,18). The van der Waals surface area contributed by atoms with Gasteiger partial charge in [-0.15, -0.1) is 0 Å². The summed E-state index contributed by atoms with van der Waals surface area (Å²) in [7, 11) is 1.74. The van der Waals surface area contributed by atoms with Crippen molar-refractivity contribution >= 4 is 23.3 Å².